The molecule has 1 aliphatic carbocycles. The Morgan fingerprint density at radius 3 is 2.26 bits per heavy atom. The summed E-state index contributed by atoms with van der Waals surface area (Å²) in [6.07, 6.45) is 6.78. The van der Waals surface area contributed by atoms with Crippen molar-refractivity contribution in [2.75, 3.05) is 0 Å². The van der Waals surface area contributed by atoms with E-state index in [-0.39, 0.29) is 48.9 Å². The fraction of sp³-hybridized carbons (Fsp3) is 0.415. The van der Waals surface area contributed by atoms with Crippen molar-refractivity contribution in [3.63, 3.8) is 0 Å². The Labute approximate surface area is 295 Å². The zero-order valence-corrected chi connectivity index (χ0v) is 33.1. The Hall–Kier alpha value is -3.05. The third-order valence-electron chi connectivity index (χ3n) is 10.1. The van der Waals surface area contributed by atoms with Crippen molar-refractivity contribution in [3.05, 3.63) is 83.3 Å². The number of nitrogens with zero attached hydrogens (tertiary/aromatic N) is 1. The van der Waals surface area contributed by atoms with Crippen LogP contribution in [-0.2, 0) is 30.3 Å². The van der Waals surface area contributed by atoms with Gasteiger partial charge in [-0.1, -0.05) is 108 Å². The number of allylic oxidation sites excluding steroid dienone is 2. The standard InChI is InChI=1S/C28H26NOSi.C13H24O2.Ir/c1-16-7-9-18-17(15-16)8-10-19-25(18)28(2,3)20-11-12-22(31(4,5)6)27-23(20)24-21(30-27)13-14-29-26(19)24;1-5-10(6-2)12(14)9-13(15)11(7-3)8-4;/h7-9,11-15H,1-6H3;9-11,14H,5-8H2,1-4H3;/q-1;;/b;12-9-;. The van der Waals surface area contributed by atoms with E-state index in [9.17, 15) is 9.90 Å². The zero-order chi connectivity index (χ0) is 33.6. The molecule has 2 aromatic heterocycles. The van der Waals surface area contributed by atoms with Crippen molar-refractivity contribution in [1.82, 2.24) is 4.98 Å². The second-order valence-electron chi connectivity index (χ2n) is 14.5. The van der Waals surface area contributed by atoms with Crippen LogP contribution in [-0.4, -0.2) is 23.9 Å². The molecule has 0 spiro atoms. The molecule has 0 bridgehead atoms. The van der Waals surface area contributed by atoms with Gasteiger partial charge in [-0.2, -0.15) is 0 Å². The maximum Gasteiger partial charge on any atom is 0.162 e. The first-order valence-electron chi connectivity index (χ1n) is 17.0. The van der Waals surface area contributed by atoms with Gasteiger partial charge in [0, 0.05) is 55.0 Å². The molecule has 2 heterocycles. The van der Waals surface area contributed by atoms with Crippen molar-refractivity contribution in [1.29, 1.82) is 0 Å². The first kappa shape index (κ1) is 36.8. The quantitative estimate of drug-likeness (QED) is 0.0733. The number of aliphatic hydroxyl groups excluding tert-OH is 1. The average molecular weight is 825 g/mol. The van der Waals surface area contributed by atoms with Crippen molar-refractivity contribution in [2.45, 2.75) is 99.2 Å². The summed E-state index contributed by atoms with van der Waals surface area (Å²) >= 11 is 0. The summed E-state index contributed by atoms with van der Waals surface area (Å²) in [5, 5.41) is 16.0. The fourth-order valence-electron chi connectivity index (χ4n) is 7.25. The topological polar surface area (TPSA) is 63.3 Å². The Balaban J connectivity index is 0.000000269. The number of carbonyl (C=O) groups is 1. The number of hydrogen-bond acceptors (Lipinski definition) is 4. The van der Waals surface area contributed by atoms with E-state index in [1.165, 1.54) is 44.1 Å². The van der Waals surface area contributed by atoms with Crippen LogP contribution in [0.25, 0.3) is 44.0 Å². The van der Waals surface area contributed by atoms with Gasteiger partial charge in [0.1, 0.15) is 11.2 Å². The second kappa shape index (κ2) is 14.2. The normalized spacial score (nSPS) is 13.9. The first-order chi connectivity index (χ1) is 21.8. The van der Waals surface area contributed by atoms with Gasteiger partial charge in [0.25, 0.3) is 0 Å². The summed E-state index contributed by atoms with van der Waals surface area (Å²) in [7, 11) is -1.59. The molecule has 251 valence electrons. The summed E-state index contributed by atoms with van der Waals surface area (Å²) < 4.78 is 6.56. The monoisotopic (exact) mass is 825 g/mol. The Kier molecular flexibility index (Phi) is 11.1. The van der Waals surface area contributed by atoms with Crippen molar-refractivity contribution < 1.29 is 34.4 Å². The number of carbonyl (C=O) groups excluding carboxylic acids is 1. The first-order valence-corrected chi connectivity index (χ1v) is 20.5. The van der Waals surface area contributed by atoms with Crippen LogP contribution in [0.1, 0.15) is 83.9 Å². The molecule has 0 saturated heterocycles. The summed E-state index contributed by atoms with van der Waals surface area (Å²) in [6.45, 7) is 22.1. The number of ketones is 1. The van der Waals surface area contributed by atoms with Gasteiger partial charge in [-0.3, -0.25) is 4.79 Å². The molecular formula is C41H50IrNO3Si-. The van der Waals surface area contributed by atoms with E-state index in [1.54, 1.807) is 0 Å². The number of furan rings is 1. The summed E-state index contributed by atoms with van der Waals surface area (Å²) in [6, 6.07) is 19.2. The van der Waals surface area contributed by atoms with Crippen LogP contribution in [0.15, 0.2) is 64.9 Å². The number of pyridine rings is 1. The van der Waals surface area contributed by atoms with Gasteiger partial charge < -0.3 is 14.5 Å². The van der Waals surface area contributed by atoms with E-state index in [4.69, 9.17) is 9.40 Å². The van der Waals surface area contributed by atoms with Crippen LogP contribution < -0.4 is 5.19 Å². The van der Waals surface area contributed by atoms with Gasteiger partial charge in [-0.05, 0) is 60.5 Å². The number of benzene rings is 3. The van der Waals surface area contributed by atoms with Gasteiger partial charge >= 0.3 is 0 Å². The van der Waals surface area contributed by atoms with Gasteiger partial charge in [-0.25, -0.2) is 0 Å². The molecular weight excluding hydrogens is 775 g/mol. The molecule has 1 radical (unpaired) electrons. The van der Waals surface area contributed by atoms with E-state index in [0.717, 1.165) is 53.5 Å². The summed E-state index contributed by atoms with van der Waals surface area (Å²) in [4.78, 5) is 16.6. The van der Waals surface area contributed by atoms with E-state index >= 15 is 0 Å². The zero-order valence-electron chi connectivity index (χ0n) is 29.7. The molecule has 0 saturated carbocycles. The Bertz CT molecular complexity index is 1960. The third-order valence-corrected chi connectivity index (χ3v) is 12.1. The number of aliphatic hydroxyl groups is 1. The molecule has 4 nitrogen and oxygen atoms in total. The molecule has 0 aliphatic heterocycles. The number of rotatable bonds is 8. The summed E-state index contributed by atoms with van der Waals surface area (Å²) in [5.74, 6) is 0.547. The molecule has 1 N–H and O–H groups in total. The van der Waals surface area contributed by atoms with Crippen LogP contribution in [0.4, 0.5) is 0 Å². The minimum atomic E-state index is -1.59. The van der Waals surface area contributed by atoms with E-state index < -0.39 is 8.07 Å². The fourth-order valence-corrected chi connectivity index (χ4v) is 8.70. The largest absolute Gasteiger partial charge is 0.512 e. The number of fused-ring (bicyclic) bond motifs is 4. The van der Waals surface area contributed by atoms with Crippen molar-refractivity contribution in [2.24, 2.45) is 11.8 Å². The maximum atomic E-state index is 11.7. The van der Waals surface area contributed by atoms with Gasteiger partial charge in [0.15, 0.2) is 5.78 Å². The molecule has 0 amide bonds. The molecule has 0 atom stereocenters. The molecule has 47 heavy (non-hydrogen) atoms. The molecule has 5 aromatic rings. The molecule has 6 rings (SSSR count). The summed E-state index contributed by atoms with van der Waals surface area (Å²) in [5.41, 5.74) is 7.75. The van der Waals surface area contributed by atoms with Crippen LogP contribution in [0, 0.1) is 24.8 Å². The molecule has 0 unspecified atom stereocenters. The average Bonchev–Trinajstić information content (AvgIpc) is 3.37. The minimum Gasteiger partial charge on any atom is -0.512 e. The van der Waals surface area contributed by atoms with Gasteiger partial charge in [-0.15, -0.1) is 23.3 Å². The Morgan fingerprint density at radius 2 is 1.64 bits per heavy atom. The SMILES string of the molecule is CCC(CC)C(=O)/C=C(\O)C(CC)CC.Cc1ccc2c3c([c-]cc2c1)-c1nccc2oc4c([Si](C)(C)C)ccc(c4c12)C3(C)C.[Ir]. The van der Waals surface area contributed by atoms with Gasteiger partial charge in [0.2, 0.25) is 0 Å². The van der Waals surface area contributed by atoms with Crippen LogP contribution >= 0.6 is 0 Å². The minimum absolute atomic E-state index is 0. The van der Waals surface area contributed by atoms with Crippen LogP contribution in [0.5, 0.6) is 0 Å². The van der Waals surface area contributed by atoms with Crippen LogP contribution in [0.3, 0.4) is 0 Å². The van der Waals surface area contributed by atoms with Gasteiger partial charge in [0.05, 0.1) is 13.8 Å². The molecule has 6 heteroatoms. The van der Waals surface area contributed by atoms with E-state index in [0.29, 0.717) is 0 Å². The van der Waals surface area contributed by atoms with Crippen LogP contribution in [0.2, 0.25) is 19.6 Å². The number of hydrogen-bond donors (Lipinski definition) is 1. The third kappa shape index (κ3) is 6.66. The number of aryl methyl sites for hydroxylation is 1. The van der Waals surface area contributed by atoms with E-state index in [2.05, 4.69) is 82.9 Å². The molecule has 0 fully saturated rings. The van der Waals surface area contributed by atoms with E-state index in [1.807, 2.05) is 40.0 Å². The predicted octanol–water partition coefficient (Wildman–Crippen LogP) is 11.0. The maximum absolute atomic E-state index is 11.7. The Morgan fingerprint density at radius 1 is 0.979 bits per heavy atom. The molecule has 1 aliphatic rings. The molecule has 3 aromatic carbocycles. The van der Waals surface area contributed by atoms with Crippen molar-refractivity contribution >= 4 is 51.8 Å². The number of aromatic nitrogens is 1. The van der Waals surface area contributed by atoms with Crippen molar-refractivity contribution in [3.8, 4) is 11.3 Å². The smallest absolute Gasteiger partial charge is 0.162 e. The predicted molar refractivity (Wildman–Crippen MR) is 197 cm³/mol. The second-order valence-corrected chi connectivity index (χ2v) is 19.5.